The van der Waals surface area contributed by atoms with Crippen molar-refractivity contribution in [3.8, 4) is 0 Å². The van der Waals surface area contributed by atoms with Gasteiger partial charge in [-0.3, -0.25) is 0 Å². The van der Waals surface area contributed by atoms with Crippen LogP contribution in [0.25, 0.3) is 0 Å². The molecule has 0 atom stereocenters. The second-order valence-electron chi connectivity index (χ2n) is 0. The maximum absolute atomic E-state index is 0. The molecule has 0 aromatic heterocycles. The molecule has 0 aliphatic carbocycles. The van der Waals surface area contributed by atoms with Gasteiger partial charge in [-0.2, -0.15) is 0 Å². The van der Waals surface area contributed by atoms with Gasteiger partial charge in [0.05, 0.1) is 0 Å². The quantitative estimate of drug-likeness (QED) is 0.435. The molecular formula is BaCaFeMgSiSr. The van der Waals surface area contributed by atoms with Crippen molar-refractivity contribution in [1.29, 1.82) is 0 Å². The Kier molecular flexibility index (Phi) is 210. The Hall–Kier alpha value is 5.81. The second-order valence-corrected chi connectivity index (χ2v) is 0. The predicted molar refractivity (Wildman–Crippen MR) is 28.8 cm³/mol. The van der Waals surface area contributed by atoms with E-state index < -0.39 is 0 Å². The zero-order valence-corrected chi connectivity index (χ0v) is 17.3. The monoisotopic (exact) mass is 374 g/mol. The molecule has 0 unspecified atom stereocenters. The van der Waals surface area contributed by atoms with Crippen LogP contribution < -0.4 is 0 Å². The number of hydrogen-bond donors (Lipinski definition) is 0. The second kappa shape index (κ2) is 30.8. The maximum atomic E-state index is 0. The summed E-state index contributed by atoms with van der Waals surface area (Å²) in [6.45, 7) is 0. The Morgan fingerprint density at radius 1 is 1.00 bits per heavy atom. The molecule has 0 rings (SSSR count). The van der Waals surface area contributed by atoms with Gasteiger partial charge in [-0.1, -0.05) is 0 Å². The normalized spacial score (nSPS) is 0. The molecule has 0 aromatic rings. The van der Waals surface area contributed by atoms with Crippen LogP contribution in [0, 0.1) is 0 Å². The largest absolute Gasteiger partial charge is 0 e. The van der Waals surface area contributed by atoms with E-state index in [2.05, 4.69) is 0 Å². The van der Waals surface area contributed by atoms with Gasteiger partial charge in [0, 0.05) is 183 Å². The molecule has 0 bridgehead atoms. The number of rotatable bonds is 0. The van der Waals surface area contributed by atoms with Gasteiger partial charge < -0.3 is 0 Å². The van der Waals surface area contributed by atoms with E-state index in [1.165, 1.54) is 0 Å². The zero-order valence-electron chi connectivity index (χ0n) is 3.68. The van der Waals surface area contributed by atoms with Gasteiger partial charge in [0.2, 0.25) is 0 Å². The van der Waals surface area contributed by atoms with Crippen molar-refractivity contribution in [2.75, 3.05) is 0 Å². The van der Waals surface area contributed by atoms with Crippen LogP contribution in [0.3, 0.4) is 0 Å². The van der Waals surface area contributed by atoms with E-state index in [0.29, 0.717) is 0 Å². The number of hydrogen-bond acceptors (Lipinski definition) is 0. The van der Waals surface area contributed by atoms with Crippen LogP contribution >= 0.6 is 0 Å². The predicted octanol–water partition coefficient (Wildman–Crippen LogP) is -1.91. The molecule has 0 nitrogen and oxygen atoms in total. The molecule has 0 aromatic carbocycles. The third kappa shape index (κ3) is 22.6. The van der Waals surface area contributed by atoms with Gasteiger partial charge in [-0.15, -0.1) is 0 Å². The van der Waals surface area contributed by atoms with Crippen molar-refractivity contribution >= 4 is 166 Å². The minimum Gasteiger partial charge on any atom is 0 e. The van der Waals surface area contributed by atoms with Gasteiger partial charge in [0.15, 0.2) is 0 Å². The van der Waals surface area contributed by atoms with E-state index in [1.807, 2.05) is 0 Å². The fourth-order valence-corrected chi connectivity index (χ4v) is 0. The van der Waals surface area contributed by atoms with E-state index in [-0.39, 0.29) is 183 Å². The summed E-state index contributed by atoms with van der Waals surface area (Å²) in [7, 11) is 0. The Morgan fingerprint density at radius 2 is 1.00 bits per heavy atom. The van der Waals surface area contributed by atoms with Crippen LogP contribution in [0.2, 0.25) is 0 Å². The summed E-state index contributed by atoms with van der Waals surface area (Å²) in [5.41, 5.74) is 0. The first kappa shape index (κ1) is 40.9. The minimum atomic E-state index is 0. The fourth-order valence-electron chi connectivity index (χ4n) is 0. The van der Waals surface area contributed by atoms with E-state index >= 15 is 0 Å². The molecule has 0 aliphatic heterocycles. The third-order valence-corrected chi connectivity index (χ3v) is 0. The fraction of sp³-hybridized carbons (Fsp3) is 0. The molecule has 0 aliphatic rings. The van der Waals surface area contributed by atoms with Crippen molar-refractivity contribution in [2.24, 2.45) is 0 Å². The Balaban J connectivity index is 0. The first-order valence-corrected chi connectivity index (χ1v) is 0. The first-order valence-electron chi connectivity index (χ1n) is 0. The topological polar surface area (TPSA) is 0 Å². The van der Waals surface area contributed by atoms with Gasteiger partial charge in [0.25, 0.3) is 0 Å². The van der Waals surface area contributed by atoms with Crippen molar-refractivity contribution in [2.45, 2.75) is 0 Å². The molecule has 6 heavy (non-hydrogen) atoms. The minimum absolute atomic E-state index is 0. The van der Waals surface area contributed by atoms with Crippen LogP contribution in [0.15, 0.2) is 0 Å². The molecule has 0 saturated heterocycles. The van der Waals surface area contributed by atoms with Crippen LogP contribution in [-0.4, -0.2) is 166 Å². The van der Waals surface area contributed by atoms with E-state index in [9.17, 15) is 0 Å². The van der Waals surface area contributed by atoms with Crippen LogP contribution in [0.5, 0.6) is 0 Å². The van der Waals surface area contributed by atoms with Crippen molar-refractivity contribution < 1.29 is 17.1 Å². The molecule has 0 amide bonds. The van der Waals surface area contributed by atoms with Crippen molar-refractivity contribution in [1.82, 2.24) is 0 Å². The zero-order chi connectivity index (χ0) is 0. The average Bonchev–Trinajstić information content (AvgIpc) is 0. The van der Waals surface area contributed by atoms with E-state index in [0.717, 1.165) is 0 Å². The van der Waals surface area contributed by atoms with Crippen molar-refractivity contribution in [3.63, 3.8) is 0 Å². The Labute approximate surface area is 177 Å². The molecule has 0 spiro atoms. The molecule has 0 saturated carbocycles. The maximum Gasteiger partial charge on any atom is 0 e. The van der Waals surface area contributed by atoms with Gasteiger partial charge >= 0.3 is 0 Å². The third-order valence-electron chi connectivity index (χ3n) is 0. The summed E-state index contributed by atoms with van der Waals surface area (Å²) in [6, 6.07) is 0. The van der Waals surface area contributed by atoms with Crippen LogP contribution in [-0.2, 0) is 17.1 Å². The standard InChI is InChI=1S/Ba.Ca.Fe.Mg.Si.Sr. The van der Waals surface area contributed by atoms with Gasteiger partial charge in [0.1, 0.15) is 0 Å². The summed E-state index contributed by atoms with van der Waals surface area (Å²) >= 11 is 0. The average molecular weight is 373 g/mol. The summed E-state index contributed by atoms with van der Waals surface area (Å²) < 4.78 is 0. The first-order chi connectivity index (χ1) is 0. The Bertz CT molecular complexity index is 15.5. The van der Waals surface area contributed by atoms with Gasteiger partial charge in [-0.05, 0) is 0 Å². The van der Waals surface area contributed by atoms with Crippen LogP contribution in [0.1, 0.15) is 0 Å². The molecule has 20 valence electrons. The summed E-state index contributed by atoms with van der Waals surface area (Å²) in [6.07, 6.45) is 0. The molecule has 6 heteroatoms. The van der Waals surface area contributed by atoms with Crippen molar-refractivity contribution in [3.05, 3.63) is 0 Å². The Morgan fingerprint density at radius 3 is 1.00 bits per heavy atom. The smallest absolute Gasteiger partial charge is 0 e. The molecule has 0 N–H and O–H groups in total. The molecule has 0 heterocycles. The SMILES string of the molecule is [Ba].[Ca].[Fe].[Mg].[Si].[Sr]. The molecule has 12 radical (unpaired) electrons. The van der Waals surface area contributed by atoms with Crippen LogP contribution in [0.4, 0.5) is 0 Å². The summed E-state index contributed by atoms with van der Waals surface area (Å²) in [5.74, 6) is 0. The van der Waals surface area contributed by atoms with E-state index in [4.69, 9.17) is 0 Å². The summed E-state index contributed by atoms with van der Waals surface area (Å²) in [5, 5.41) is 0. The molecular weight excluding hydrogens is 373 g/mol. The van der Waals surface area contributed by atoms with E-state index in [1.54, 1.807) is 0 Å². The summed E-state index contributed by atoms with van der Waals surface area (Å²) in [4.78, 5) is 0. The molecule has 0 fully saturated rings. The van der Waals surface area contributed by atoms with Gasteiger partial charge in [-0.25, -0.2) is 0 Å².